The van der Waals surface area contributed by atoms with Crippen LogP contribution in [0.25, 0.3) is 0 Å². The Morgan fingerprint density at radius 2 is 1.62 bits per heavy atom. The van der Waals surface area contributed by atoms with Crippen LogP contribution in [-0.4, -0.2) is 68.4 Å². The highest BCUT2D eigenvalue weighted by Crippen LogP contribution is 2.37. The normalized spacial score (nSPS) is 22.8. The molecule has 0 aromatic heterocycles. The lowest BCUT2D eigenvalue weighted by atomic mass is 10.0. The van der Waals surface area contributed by atoms with Crippen molar-refractivity contribution in [1.29, 1.82) is 0 Å². The van der Waals surface area contributed by atoms with Gasteiger partial charge < -0.3 is 19.1 Å². The minimum absolute atomic E-state index is 0.0448. The molecule has 210 valence electrons. The Morgan fingerprint density at radius 1 is 1.03 bits per heavy atom. The fourth-order valence-corrected chi connectivity index (χ4v) is 5.06. The van der Waals surface area contributed by atoms with E-state index in [1.54, 1.807) is 60.7 Å². The van der Waals surface area contributed by atoms with E-state index in [4.69, 9.17) is 14.2 Å². The van der Waals surface area contributed by atoms with Crippen molar-refractivity contribution in [2.45, 2.75) is 55.4 Å². The van der Waals surface area contributed by atoms with E-state index in [0.717, 1.165) is 12.8 Å². The van der Waals surface area contributed by atoms with Crippen LogP contribution >= 0.6 is 0 Å². The highest BCUT2D eigenvalue weighted by atomic mass is 32.2. The third-order valence-corrected chi connectivity index (χ3v) is 7.82. The van der Waals surface area contributed by atoms with Gasteiger partial charge >= 0.3 is 21.6 Å². The lowest BCUT2D eigenvalue weighted by molar-refractivity contribution is -0.177. The van der Waals surface area contributed by atoms with Crippen molar-refractivity contribution in [2.75, 3.05) is 13.2 Å². The van der Waals surface area contributed by atoms with Gasteiger partial charge in [0.25, 0.3) is 0 Å². The summed E-state index contributed by atoms with van der Waals surface area (Å²) < 4.78 is 86.3. The van der Waals surface area contributed by atoms with E-state index in [1.807, 2.05) is 0 Å². The molecule has 1 amide bonds. The lowest BCUT2D eigenvalue weighted by Gasteiger charge is -2.31. The molecule has 13 heteroatoms. The molecule has 0 radical (unpaired) electrons. The van der Waals surface area contributed by atoms with E-state index in [2.05, 4.69) is 4.18 Å². The Hall–Kier alpha value is -3.00. The third-order valence-electron chi connectivity index (χ3n) is 6.80. The Balaban J connectivity index is 1.48. The van der Waals surface area contributed by atoms with Crippen molar-refractivity contribution in [2.24, 2.45) is 5.92 Å². The first-order valence-corrected chi connectivity index (χ1v) is 13.8. The SMILES string of the molecule is O=C(OC(c1ccccc1)c1ccccc1)[C@H](OS(=O)(=O)C(F)(F)F)[C@@H](OCC1CC1)[C@H]1CN2C(=O)C[C@@H]2O1. The maximum atomic E-state index is 13.6. The van der Waals surface area contributed by atoms with Crippen molar-refractivity contribution >= 4 is 22.0 Å². The maximum Gasteiger partial charge on any atom is 0.523 e. The number of rotatable bonds is 11. The van der Waals surface area contributed by atoms with Crippen LogP contribution < -0.4 is 0 Å². The van der Waals surface area contributed by atoms with E-state index in [9.17, 15) is 31.2 Å². The number of carbonyl (C=O) groups excluding carboxylic acids is 2. The van der Waals surface area contributed by atoms with Gasteiger partial charge in [-0.2, -0.15) is 21.6 Å². The van der Waals surface area contributed by atoms with Gasteiger partial charge in [0.15, 0.2) is 6.10 Å². The van der Waals surface area contributed by atoms with Crippen LogP contribution in [0.5, 0.6) is 0 Å². The standard InChI is InChI=1S/C26H26F3NO8S/c27-26(28,29)39(33,34)38-24(23(35-15-16-11-12-16)19-14-30-20(31)13-21(30)36-19)25(32)37-22(17-7-3-1-4-8-17)18-9-5-2-6-10-18/h1-10,16,19,21-24H,11-15H2/t19-,21+,23+,24-/m1/s1. The third kappa shape index (κ3) is 6.11. The first-order valence-electron chi connectivity index (χ1n) is 12.4. The van der Waals surface area contributed by atoms with E-state index >= 15 is 0 Å². The van der Waals surface area contributed by atoms with Crippen LogP contribution in [0.4, 0.5) is 13.2 Å². The average molecular weight is 570 g/mol. The molecule has 2 heterocycles. The Bertz CT molecular complexity index is 1250. The molecule has 3 fully saturated rings. The molecular weight excluding hydrogens is 543 g/mol. The number of esters is 1. The number of amides is 1. The van der Waals surface area contributed by atoms with Crippen LogP contribution in [0.2, 0.25) is 0 Å². The van der Waals surface area contributed by atoms with Crippen LogP contribution in [0, 0.1) is 5.92 Å². The number of hydrogen-bond acceptors (Lipinski definition) is 8. The van der Waals surface area contributed by atoms with Gasteiger partial charge in [-0.1, -0.05) is 60.7 Å². The second-order valence-electron chi connectivity index (χ2n) is 9.68. The summed E-state index contributed by atoms with van der Waals surface area (Å²) in [5.74, 6) is -1.52. The van der Waals surface area contributed by atoms with Gasteiger partial charge in [0.05, 0.1) is 19.6 Å². The Kier molecular flexibility index (Phi) is 7.68. The Labute approximate surface area is 222 Å². The molecule has 1 saturated carbocycles. The summed E-state index contributed by atoms with van der Waals surface area (Å²) in [4.78, 5) is 26.9. The highest BCUT2D eigenvalue weighted by molar-refractivity contribution is 7.87. The van der Waals surface area contributed by atoms with Gasteiger partial charge in [0, 0.05) is 0 Å². The van der Waals surface area contributed by atoms with Crippen LogP contribution in [0.1, 0.15) is 36.5 Å². The quantitative estimate of drug-likeness (QED) is 0.176. The van der Waals surface area contributed by atoms with Gasteiger partial charge in [-0.15, -0.1) is 0 Å². The zero-order valence-electron chi connectivity index (χ0n) is 20.5. The minimum Gasteiger partial charge on any atom is -0.451 e. The summed E-state index contributed by atoms with van der Waals surface area (Å²) in [5, 5.41) is 0. The van der Waals surface area contributed by atoms with E-state index < -0.39 is 52.2 Å². The molecule has 5 rings (SSSR count). The number of halogens is 3. The van der Waals surface area contributed by atoms with Crippen molar-refractivity contribution in [3.05, 3.63) is 71.8 Å². The smallest absolute Gasteiger partial charge is 0.451 e. The molecule has 1 aliphatic carbocycles. The van der Waals surface area contributed by atoms with E-state index in [0.29, 0.717) is 11.1 Å². The number of carbonyl (C=O) groups is 2. The van der Waals surface area contributed by atoms with Gasteiger partial charge in [-0.25, -0.2) is 8.98 Å². The predicted octanol–water partition coefficient (Wildman–Crippen LogP) is 3.31. The number of nitrogens with zero attached hydrogens (tertiary/aromatic N) is 1. The molecule has 0 bridgehead atoms. The second kappa shape index (κ2) is 10.9. The van der Waals surface area contributed by atoms with E-state index in [-0.39, 0.29) is 31.4 Å². The minimum atomic E-state index is -6.24. The van der Waals surface area contributed by atoms with E-state index in [1.165, 1.54) is 4.90 Å². The summed E-state index contributed by atoms with van der Waals surface area (Å²) in [6, 6.07) is 16.9. The monoisotopic (exact) mass is 569 g/mol. The number of β-lactam (4-membered cyclic amide) rings is 1. The molecule has 0 N–H and O–H groups in total. The van der Waals surface area contributed by atoms with Crippen molar-refractivity contribution < 1.29 is 49.6 Å². The zero-order chi connectivity index (χ0) is 27.8. The van der Waals surface area contributed by atoms with Crippen molar-refractivity contribution in [3.8, 4) is 0 Å². The molecule has 2 aromatic rings. The molecule has 0 unspecified atom stereocenters. The number of alkyl halides is 3. The van der Waals surface area contributed by atoms with Gasteiger partial charge in [0.2, 0.25) is 12.0 Å². The first-order chi connectivity index (χ1) is 18.5. The number of ether oxygens (including phenoxy) is 3. The molecular formula is C26H26F3NO8S. The second-order valence-corrected chi connectivity index (χ2v) is 11.2. The lowest BCUT2D eigenvalue weighted by Crippen LogP contribution is -2.51. The number of hydrogen-bond donors (Lipinski definition) is 0. The largest absolute Gasteiger partial charge is 0.523 e. The summed E-state index contributed by atoms with van der Waals surface area (Å²) in [6.07, 6.45) is -5.11. The molecule has 3 aliphatic rings. The molecule has 39 heavy (non-hydrogen) atoms. The number of benzene rings is 2. The molecule has 2 aromatic carbocycles. The molecule has 2 aliphatic heterocycles. The van der Waals surface area contributed by atoms with Crippen LogP contribution in [0.3, 0.4) is 0 Å². The maximum absolute atomic E-state index is 13.6. The molecule has 4 atom stereocenters. The Morgan fingerprint density at radius 3 is 2.10 bits per heavy atom. The summed E-state index contributed by atoms with van der Waals surface area (Å²) >= 11 is 0. The summed E-state index contributed by atoms with van der Waals surface area (Å²) in [5.41, 5.74) is -4.81. The first kappa shape index (κ1) is 27.6. The average Bonchev–Trinajstić information content (AvgIpc) is 3.67. The predicted molar refractivity (Wildman–Crippen MR) is 128 cm³/mol. The van der Waals surface area contributed by atoms with Gasteiger partial charge in [-0.3, -0.25) is 4.79 Å². The molecule has 2 saturated heterocycles. The van der Waals surface area contributed by atoms with Crippen molar-refractivity contribution in [1.82, 2.24) is 4.90 Å². The highest BCUT2D eigenvalue weighted by Gasteiger charge is 2.55. The van der Waals surface area contributed by atoms with Gasteiger partial charge in [0.1, 0.15) is 18.4 Å². The van der Waals surface area contributed by atoms with Crippen molar-refractivity contribution in [3.63, 3.8) is 0 Å². The summed E-state index contributed by atoms with van der Waals surface area (Å²) in [7, 11) is -6.24. The summed E-state index contributed by atoms with van der Waals surface area (Å²) in [6.45, 7) is -0.0536. The fourth-order valence-electron chi connectivity index (χ4n) is 4.49. The van der Waals surface area contributed by atoms with Crippen LogP contribution in [0.15, 0.2) is 60.7 Å². The topological polar surface area (TPSA) is 108 Å². The zero-order valence-corrected chi connectivity index (χ0v) is 21.3. The fraction of sp³-hybridized carbons (Fsp3) is 0.462. The molecule has 0 spiro atoms. The van der Waals surface area contributed by atoms with Gasteiger partial charge in [-0.05, 0) is 29.9 Å². The van der Waals surface area contributed by atoms with Crippen LogP contribution in [-0.2, 0) is 38.1 Å². The molecule has 9 nitrogen and oxygen atoms in total. The number of fused-ring (bicyclic) bond motifs is 1.